The zero-order valence-electron chi connectivity index (χ0n) is 13.7. The zero-order valence-corrected chi connectivity index (χ0v) is 14.5. The number of carbonyl (C=O) groups excluding carboxylic acids is 1. The van der Waals surface area contributed by atoms with Gasteiger partial charge >= 0.3 is 0 Å². The molecule has 0 saturated heterocycles. The molecule has 2 heterocycles. The van der Waals surface area contributed by atoms with Gasteiger partial charge in [-0.1, -0.05) is 11.8 Å². The van der Waals surface area contributed by atoms with Gasteiger partial charge in [0.15, 0.2) is 5.16 Å². The van der Waals surface area contributed by atoms with E-state index in [1.807, 2.05) is 11.6 Å². The molecule has 9 heteroatoms. The number of carbonyl (C=O) groups is 1. The summed E-state index contributed by atoms with van der Waals surface area (Å²) in [5, 5.41) is 15.8. The lowest BCUT2D eigenvalue weighted by atomic mass is 10.2. The molecule has 128 valence electrons. The Labute approximate surface area is 143 Å². The van der Waals surface area contributed by atoms with Gasteiger partial charge in [0, 0.05) is 25.4 Å². The molecule has 1 N–H and O–H groups in total. The van der Waals surface area contributed by atoms with Crippen LogP contribution in [0.3, 0.4) is 0 Å². The van der Waals surface area contributed by atoms with Crippen LogP contribution < -0.4 is 10.9 Å². The fourth-order valence-electron chi connectivity index (χ4n) is 2.67. The summed E-state index contributed by atoms with van der Waals surface area (Å²) in [6.45, 7) is 2.18. The maximum Gasteiger partial charge on any atom is 0.267 e. The van der Waals surface area contributed by atoms with E-state index in [0.29, 0.717) is 12.3 Å². The van der Waals surface area contributed by atoms with E-state index in [2.05, 4.69) is 20.6 Å². The Balaban J connectivity index is 1.55. The highest BCUT2D eigenvalue weighted by molar-refractivity contribution is 7.99. The number of hydrogen-bond donors (Lipinski definition) is 1. The molecule has 2 aromatic rings. The first-order chi connectivity index (χ1) is 11.6. The second kappa shape index (κ2) is 7.16. The first kappa shape index (κ1) is 16.7. The molecule has 2 aromatic heterocycles. The van der Waals surface area contributed by atoms with E-state index in [9.17, 15) is 9.59 Å². The van der Waals surface area contributed by atoms with Crippen molar-refractivity contribution < 1.29 is 4.79 Å². The first-order valence-corrected chi connectivity index (χ1v) is 8.91. The SMILES string of the molecule is CC(C(=O)NCCSc1nncn1C)n1nc2c(cc1=O)CCC2. The van der Waals surface area contributed by atoms with E-state index in [1.165, 1.54) is 16.4 Å². The number of thioether (sulfide) groups is 1. The average molecular weight is 348 g/mol. The molecule has 1 atom stereocenters. The van der Waals surface area contributed by atoms with Crippen molar-refractivity contribution in [1.29, 1.82) is 0 Å². The van der Waals surface area contributed by atoms with Crippen LogP contribution in [-0.4, -0.2) is 42.7 Å². The maximum absolute atomic E-state index is 12.3. The standard InChI is InChI=1S/C15H20N6O2S/c1-10(21-13(22)8-11-4-3-5-12(11)19-21)14(23)16-6-7-24-15-18-17-9-20(15)2/h8-10H,3-7H2,1-2H3,(H,16,23). The molecule has 0 bridgehead atoms. The number of hydrogen-bond acceptors (Lipinski definition) is 6. The van der Waals surface area contributed by atoms with Crippen molar-refractivity contribution in [2.75, 3.05) is 12.3 Å². The van der Waals surface area contributed by atoms with Gasteiger partial charge in [-0.2, -0.15) is 5.10 Å². The number of fused-ring (bicyclic) bond motifs is 1. The number of aromatic nitrogens is 5. The van der Waals surface area contributed by atoms with Gasteiger partial charge in [-0.15, -0.1) is 10.2 Å². The molecule has 24 heavy (non-hydrogen) atoms. The number of amides is 1. The summed E-state index contributed by atoms with van der Waals surface area (Å²) >= 11 is 1.51. The number of aryl methyl sites for hydroxylation is 3. The monoisotopic (exact) mass is 348 g/mol. The summed E-state index contributed by atoms with van der Waals surface area (Å²) < 4.78 is 3.11. The number of nitrogens with one attached hydrogen (secondary N) is 1. The quantitative estimate of drug-likeness (QED) is 0.597. The van der Waals surface area contributed by atoms with Crippen LogP contribution in [0.25, 0.3) is 0 Å². The van der Waals surface area contributed by atoms with Crippen LogP contribution in [0.1, 0.15) is 30.6 Å². The summed E-state index contributed by atoms with van der Waals surface area (Å²) in [6, 6.07) is 0.992. The predicted octanol–water partition coefficient (Wildman–Crippen LogP) is 0.330. The molecular formula is C15H20N6O2S. The largest absolute Gasteiger partial charge is 0.353 e. The van der Waals surface area contributed by atoms with Crippen LogP contribution in [0.5, 0.6) is 0 Å². The van der Waals surface area contributed by atoms with Gasteiger partial charge < -0.3 is 9.88 Å². The van der Waals surface area contributed by atoms with Gasteiger partial charge in [-0.25, -0.2) is 4.68 Å². The molecule has 0 saturated carbocycles. The molecule has 0 aliphatic heterocycles. The first-order valence-electron chi connectivity index (χ1n) is 7.92. The van der Waals surface area contributed by atoms with Gasteiger partial charge in [0.2, 0.25) is 5.91 Å². The second-order valence-corrected chi connectivity index (χ2v) is 6.85. The third kappa shape index (κ3) is 3.50. The summed E-state index contributed by atoms with van der Waals surface area (Å²) in [7, 11) is 1.87. The van der Waals surface area contributed by atoms with Crippen LogP contribution in [0, 0.1) is 0 Å². The Morgan fingerprint density at radius 2 is 2.29 bits per heavy atom. The lowest BCUT2D eigenvalue weighted by Crippen LogP contribution is -2.38. The average Bonchev–Trinajstić information content (AvgIpc) is 3.18. The molecule has 0 spiro atoms. The molecule has 3 rings (SSSR count). The molecule has 8 nitrogen and oxygen atoms in total. The number of rotatable bonds is 6. The van der Waals surface area contributed by atoms with Gasteiger partial charge in [0.1, 0.15) is 12.4 Å². The number of nitrogens with zero attached hydrogens (tertiary/aromatic N) is 5. The van der Waals surface area contributed by atoms with Crippen LogP contribution in [0.4, 0.5) is 0 Å². The topological polar surface area (TPSA) is 94.7 Å². The van der Waals surface area contributed by atoms with E-state index in [-0.39, 0.29) is 11.5 Å². The molecule has 1 aliphatic rings. The second-order valence-electron chi connectivity index (χ2n) is 5.79. The molecule has 0 radical (unpaired) electrons. The van der Waals surface area contributed by atoms with E-state index in [4.69, 9.17) is 0 Å². The van der Waals surface area contributed by atoms with Crippen LogP contribution >= 0.6 is 11.8 Å². The van der Waals surface area contributed by atoms with Crippen LogP contribution in [-0.2, 0) is 24.7 Å². The molecule has 1 aliphatic carbocycles. The minimum atomic E-state index is -0.622. The minimum absolute atomic E-state index is 0.207. The summed E-state index contributed by atoms with van der Waals surface area (Å²) in [6.07, 6.45) is 4.43. The third-order valence-electron chi connectivity index (χ3n) is 4.03. The van der Waals surface area contributed by atoms with Crippen LogP contribution in [0.2, 0.25) is 0 Å². The van der Waals surface area contributed by atoms with Crippen molar-refractivity contribution in [1.82, 2.24) is 29.9 Å². The fourth-order valence-corrected chi connectivity index (χ4v) is 3.41. The molecule has 0 fully saturated rings. The van der Waals surface area contributed by atoms with Gasteiger partial charge in [-0.3, -0.25) is 9.59 Å². The third-order valence-corrected chi connectivity index (χ3v) is 5.07. The Bertz CT molecular complexity index is 800. The molecule has 0 aromatic carbocycles. The minimum Gasteiger partial charge on any atom is -0.353 e. The zero-order chi connectivity index (χ0) is 17.1. The summed E-state index contributed by atoms with van der Waals surface area (Å²) in [4.78, 5) is 24.4. The van der Waals surface area contributed by atoms with E-state index in [0.717, 1.165) is 35.7 Å². The Morgan fingerprint density at radius 3 is 3.04 bits per heavy atom. The van der Waals surface area contributed by atoms with Crippen molar-refractivity contribution in [2.45, 2.75) is 37.4 Å². The molecular weight excluding hydrogens is 328 g/mol. The summed E-state index contributed by atoms with van der Waals surface area (Å²) in [5.41, 5.74) is 1.74. The highest BCUT2D eigenvalue weighted by atomic mass is 32.2. The van der Waals surface area contributed by atoms with Crippen molar-refractivity contribution in [3.05, 3.63) is 34.0 Å². The Kier molecular flexibility index (Phi) is 4.98. The highest BCUT2D eigenvalue weighted by Crippen LogP contribution is 2.18. The van der Waals surface area contributed by atoms with Gasteiger partial charge in [0.25, 0.3) is 5.56 Å². The lowest BCUT2D eigenvalue weighted by molar-refractivity contribution is -0.124. The Morgan fingerprint density at radius 1 is 1.46 bits per heavy atom. The van der Waals surface area contributed by atoms with E-state index < -0.39 is 6.04 Å². The highest BCUT2D eigenvalue weighted by Gasteiger charge is 2.21. The van der Waals surface area contributed by atoms with Crippen LogP contribution in [0.15, 0.2) is 22.3 Å². The van der Waals surface area contributed by atoms with Crippen molar-refractivity contribution in [3.8, 4) is 0 Å². The van der Waals surface area contributed by atoms with Crippen molar-refractivity contribution in [2.24, 2.45) is 7.05 Å². The maximum atomic E-state index is 12.3. The Hall–Kier alpha value is -2.16. The van der Waals surface area contributed by atoms with Gasteiger partial charge in [0.05, 0.1) is 5.69 Å². The van der Waals surface area contributed by atoms with Gasteiger partial charge in [-0.05, 0) is 31.7 Å². The van der Waals surface area contributed by atoms with E-state index >= 15 is 0 Å². The van der Waals surface area contributed by atoms with Crippen molar-refractivity contribution >= 4 is 17.7 Å². The fraction of sp³-hybridized carbons (Fsp3) is 0.533. The lowest BCUT2D eigenvalue weighted by Gasteiger charge is -2.15. The normalized spacial score (nSPS) is 14.4. The molecule has 1 amide bonds. The van der Waals surface area contributed by atoms with Crippen molar-refractivity contribution in [3.63, 3.8) is 0 Å². The molecule has 1 unspecified atom stereocenters. The van der Waals surface area contributed by atoms with E-state index in [1.54, 1.807) is 19.3 Å². The smallest absolute Gasteiger partial charge is 0.267 e. The summed E-state index contributed by atoms with van der Waals surface area (Å²) in [5.74, 6) is 0.471. The predicted molar refractivity (Wildman–Crippen MR) is 90.0 cm³/mol.